The minimum Gasteiger partial charge on any atom is -0.207 e. The van der Waals surface area contributed by atoms with E-state index in [1.54, 1.807) is 0 Å². The zero-order valence-electron chi connectivity index (χ0n) is 9.24. The van der Waals surface area contributed by atoms with Gasteiger partial charge in [-0.25, -0.2) is 4.39 Å². The van der Waals surface area contributed by atoms with E-state index in [1.165, 1.54) is 23.3 Å². The Balaban J connectivity index is 2.04. The minimum absolute atomic E-state index is 0.0706. The van der Waals surface area contributed by atoms with E-state index in [2.05, 4.69) is 12.1 Å². The molecule has 0 unspecified atom stereocenters. The van der Waals surface area contributed by atoms with Crippen LogP contribution in [-0.4, -0.2) is 0 Å². The molecule has 86 valence electrons. The Bertz CT molecular complexity index is 533. The van der Waals surface area contributed by atoms with Crippen molar-refractivity contribution in [2.45, 2.75) is 17.7 Å². The van der Waals surface area contributed by atoms with Gasteiger partial charge in [0.15, 0.2) is 0 Å². The predicted molar refractivity (Wildman–Crippen MR) is 67.9 cm³/mol. The summed E-state index contributed by atoms with van der Waals surface area (Å²) in [4.78, 5) is 0. The molecule has 0 saturated heterocycles. The zero-order chi connectivity index (χ0) is 11.8. The fourth-order valence-corrected chi connectivity index (χ4v) is 2.96. The van der Waals surface area contributed by atoms with E-state index in [4.69, 9.17) is 11.6 Å². The summed E-state index contributed by atoms with van der Waals surface area (Å²) >= 11 is 6.34. The zero-order valence-corrected chi connectivity index (χ0v) is 9.99. The second kappa shape index (κ2) is 4.15. The summed E-state index contributed by atoms with van der Waals surface area (Å²) in [5, 5.41) is 0.0706. The fourth-order valence-electron chi connectivity index (χ4n) is 2.59. The topological polar surface area (TPSA) is 0 Å². The van der Waals surface area contributed by atoms with Crippen molar-refractivity contribution in [2.75, 3.05) is 0 Å². The Hall–Kier alpha value is -1.34. The molecule has 2 aromatic carbocycles. The van der Waals surface area contributed by atoms with E-state index < -0.39 is 0 Å². The summed E-state index contributed by atoms with van der Waals surface area (Å²) in [6.07, 6.45) is 0.895. The molecule has 3 rings (SSSR count). The average Bonchev–Trinajstić information content (AvgIpc) is 2.69. The molecule has 1 aliphatic carbocycles. The highest BCUT2D eigenvalue weighted by atomic mass is 35.5. The Morgan fingerprint density at radius 1 is 0.941 bits per heavy atom. The molecule has 2 aromatic rings. The van der Waals surface area contributed by atoms with Gasteiger partial charge in [0.1, 0.15) is 5.82 Å². The maximum atomic E-state index is 12.9. The third-order valence-corrected chi connectivity index (χ3v) is 3.84. The van der Waals surface area contributed by atoms with Gasteiger partial charge in [-0.05, 0) is 35.2 Å². The van der Waals surface area contributed by atoms with Crippen molar-refractivity contribution in [1.29, 1.82) is 0 Å². The smallest absolute Gasteiger partial charge is 0.123 e. The molecule has 0 fully saturated rings. The van der Waals surface area contributed by atoms with E-state index >= 15 is 0 Å². The van der Waals surface area contributed by atoms with Crippen LogP contribution in [0.4, 0.5) is 4.39 Å². The van der Waals surface area contributed by atoms with E-state index in [0.717, 1.165) is 12.0 Å². The van der Waals surface area contributed by atoms with Crippen molar-refractivity contribution in [1.82, 2.24) is 0 Å². The summed E-state index contributed by atoms with van der Waals surface area (Å²) < 4.78 is 12.9. The normalized spacial score (nSPS) is 22.5. The van der Waals surface area contributed by atoms with Gasteiger partial charge in [-0.3, -0.25) is 0 Å². The maximum Gasteiger partial charge on any atom is 0.123 e. The molecule has 0 nitrogen and oxygen atoms in total. The molecule has 0 heterocycles. The molecule has 1 aliphatic rings. The molecule has 0 bridgehead atoms. The number of halogens is 2. The Morgan fingerprint density at radius 3 is 2.29 bits per heavy atom. The predicted octanol–water partition coefficient (Wildman–Crippen LogP) is 4.64. The Labute approximate surface area is 105 Å². The molecule has 2 atom stereocenters. The minimum atomic E-state index is -0.192. The third-order valence-electron chi connectivity index (χ3n) is 3.42. The fraction of sp³-hybridized carbons (Fsp3) is 0.200. The van der Waals surface area contributed by atoms with Crippen LogP contribution in [0.1, 0.15) is 34.4 Å². The summed E-state index contributed by atoms with van der Waals surface area (Å²) in [6, 6.07) is 15.0. The van der Waals surface area contributed by atoms with Crippen LogP contribution in [-0.2, 0) is 0 Å². The van der Waals surface area contributed by atoms with Crippen molar-refractivity contribution < 1.29 is 4.39 Å². The molecule has 0 radical (unpaired) electrons. The first-order valence-electron chi connectivity index (χ1n) is 5.74. The van der Waals surface area contributed by atoms with Gasteiger partial charge in [-0.2, -0.15) is 0 Å². The number of rotatable bonds is 1. The maximum absolute atomic E-state index is 12.9. The number of benzene rings is 2. The second-order valence-electron chi connectivity index (χ2n) is 4.44. The molecule has 0 aliphatic heterocycles. The number of fused-ring (bicyclic) bond motifs is 1. The second-order valence-corrected chi connectivity index (χ2v) is 4.96. The van der Waals surface area contributed by atoms with E-state index in [1.807, 2.05) is 24.3 Å². The highest BCUT2D eigenvalue weighted by Crippen LogP contribution is 2.46. The van der Waals surface area contributed by atoms with Crippen LogP contribution < -0.4 is 0 Å². The van der Waals surface area contributed by atoms with Crippen molar-refractivity contribution in [3.05, 3.63) is 71.0 Å². The summed E-state index contributed by atoms with van der Waals surface area (Å²) in [7, 11) is 0. The van der Waals surface area contributed by atoms with Crippen molar-refractivity contribution in [3.63, 3.8) is 0 Å². The van der Waals surface area contributed by atoms with Crippen LogP contribution in [0, 0.1) is 5.82 Å². The summed E-state index contributed by atoms with van der Waals surface area (Å²) in [5.74, 6) is 0.108. The molecule has 2 heteroatoms. The average molecular weight is 247 g/mol. The van der Waals surface area contributed by atoms with Crippen LogP contribution >= 0.6 is 11.6 Å². The SMILES string of the molecule is Fc1ccc([C@H]2C[C@H](Cl)c3ccccc32)cc1. The highest BCUT2D eigenvalue weighted by Gasteiger charge is 2.30. The first-order chi connectivity index (χ1) is 8.25. The number of hydrogen-bond acceptors (Lipinski definition) is 0. The first-order valence-corrected chi connectivity index (χ1v) is 6.17. The van der Waals surface area contributed by atoms with Gasteiger partial charge in [0.2, 0.25) is 0 Å². The summed E-state index contributed by atoms with van der Waals surface area (Å²) in [5.41, 5.74) is 3.63. The number of alkyl halides is 1. The van der Waals surface area contributed by atoms with Gasteiger partial charge < -0.3 is 0 Å². The largest absolute Gasteiger partial charge is 0.207 e. The first kappa shape index (κ1) is 10.8. The van der Waals surface area contributed by atoms with Crippen LogP contribution in [0.5, 0.6) is 0 Å². The van der Waals surface area contributed by atoms with Gasteiger partial charge in [-0.15, -0.1) is 11.6 Å². The van der Waals surface area contributed by atoms with E-state index in [0.29, 0.717) is 5.92 Å². The Morgan fingerprint density at radius 2 is 1.59 bits per heavy atom. The van der Waals surface area contributed by atoms with E-state index in [-0.39, 0.29) is 11.2 Å². The van der Waals surface area contributed by atoms with Gasteiger partial charge in [0.05, 0.1) is 5.38 Å². The third kappa shape index (κ3) is 1.85. The molecule has 17 heavy (non-hydrogen) atoms. The molecule has 0 aromatic heterocycles. The lowest BCUT2D eigenvalue weighted by Crippen LogP contribution is -1.95. The molecule has 0 spiro atoms. The van der Waals surface area contributed by atoms with Gasteiger partial charge >= 0.3 is 0 Å². The van der Waals surface area contributed by atoms with Crippen LogP contribution in [0.15, 0.2) is 48.5 Å². The molecular weight excluding hydrogens is 235 g/mol. The van der Waals surface area contributed by atoms with Gasteiger partial charge in [0.25, 0.3) is 0 Å². The molecule has 0 N–H and O–H groups in total. The lowest BCUT2D eigenvalue weighted by atomic mass is 9.93. The van der Waals surface area contributed by atoms with Crippen LogP contribution in [0.25, 0.3) is 0 Å². The monoisotopic (exact) mass is 246 g/mol. The van der Waals surface area contributed by atoms with Gasteiger partial charge in [-0.1, -0.05) is 36.4 Å². The van der Waals surface area contributed by atoms with Crippen LogP contribution in [0.2, 0.25) is 0 Å². The van der Waals surface area contributed by atoms with E-state index in [9.17, 15) is 4.39 Å². The molecular formula is C15H12ClF. The summed E-state index contributed by atoms with van der Waals surface area (Å²) in [6.45, 7) is 0. The number of hydrogen-bond donors (Lipinski definition) is 0. The Kier molecular flexibility index (Phi) is 2.64. The van der Waals surface area contributed by atoms with Crippen molar-refractivity contribution in [2.24, 2.45) is 0 Å². The molecule has 0 saturated carbocycles. The quantitative estimate of drug-likeness (QED) is 0.643. The standard InChI is InChI=1S/C15H12ClF/c16-15-9-14(10-5-7-11(17)8-6-10)12-3-1-2-4-13(12)15/h1-8,14-15H,9H2/t14-,15+/m1/s1. The van der Waals surface area contributed by atoms with Gasteiger partial charge in [0, 0.05) is 5.92 Å². The van der Waals surface area contributed by atoms with Crippen molar-refractivity contribution in [3.8, 4) is 0 Å². The lowest BCUT2D eigenvalue weighted by Gasteiger charge is -2.11. The highest BCUT2D eigenvalue weighted by molar-refractivity contribution is 6.21. The van der Waals surface area contributed by atoms with Crippen molar-refractivity contribution >= 4 is 11.6 Å². The lowest BCUT2D eigenvalue weighted by molar-refractivity contribution is 0.626. The molecule has 0 amide bonds. The van der Waals surface area contributed by atoms with Crippen LogP contribution in [0.3, 0.4) is 0 Å².